The van der Waals surface area contributed by atoms with E-state index < -0.39 is 11.3 Å². The van der Waals surface area contributed by atoms with Gasteiger partial charge in [-0.15, -0.1) is 0 Å². The summed E-state index contributed by atoms with van der Waals surface area (Å²) in [6.45, 7) is 3.47. The van der Waals surface area contributed by atoms with Gasteiger partial charge in [-0.1, -0.05) is 13.3 Å². The van der Waals surface area contributed by atoms with E-state index in [1.807, 2.05) is 6.92 Å². The van der Waals surface area contributed by atoms with E-state index in [0.29, 0.717) is 19.8 Å². The molecule has 112 valence electrons. The van der Waals surface area contributed by atoms with E-state index >= 15 is 0 Å². The number of nitro benzene ring substituents is 1. The molecule has 1 aromatic rings. The zero-order valence-corrected chi connectivity index (χ0v) is 11.3. The summed E-state index contributed by atoms with van der Waals surface area (Å²) < 4.78 is 31.0. The number of unbranched alkanes of at least 4 members (excludes halogenated alkanes) is 1. The van der Waals surface area contributed by atoms with Gasteiger partial charge in [0.2, 0.25) is 0 Å². The van der Waals surface area contributed by atoms with Crippen LogP contribution in [-0.4, -0.2) is 24.7 Å². The predicted octanol–water partition coefficient (Wildman–Crippen LogP) is 3.76. The Morgan fingerprint density at radius 2 is 2.15 bits per heavy atom. The molecule has 0 atom stereocenters. The van der Waals surface area contributed by atoms with Crippen molar-refractivity contribution < 1.29 is 18.4 Å². The molecule has 1 aromatic carbocycles. The van der Waals surface area contributed by atoms with Gasteiger partial charge in [0.15, 0.2) is 0 Å². The van der Waals surface area contributed by atoms with Gasteiger partial charge in [-0.25, -0.2) is 8.78 Å². The van der Waals surface area contributed by atoms with E-state index in [1.54, 1.807) is 0 Å². The van der Waals surface area contributed by atoms with Crippen LogP contribution in [0.15, 0.2) is 18.2 Å². The second-order valence-corrected chi connectivity index (χ2v) is 4.22. The van der Waals surface area contributed by atoms with Crippen molar-refractivity contribution >= 4 is 11.4 Å². The molecule has 0 saturated heterocycles. The molecule has 0 fully saturated rings. The number of nitrogens with zero attached hydrogens (tertiary/aromatic N) is 1. The lowest BCUT2D eigenvalue weighted by molar-refractivity contribution is -0.385. The van der Waals surface area contributed by atoms with Crippen molar-refractivity contribution in [1.82, 2.24) is 0 Å². The fourth-order valence-electron chi connectivity index (χ4n) is 1.61. The summed E-state index contributed by atoms with van der Waals surface area (Å²) in [6, 6.07) is 3.39. The third-order valence-electron chi connectivity index (χ3n) is 2.69. The van der Waals surface area contributed by atoms with Crippen LogP contribution in [0, 0.1) is 10.1 Å². The Hall–Kier alpha value is -1.76. The highest BCUT2D eigenvalue weighted by atomic mass is 19.3. The number of nitro groups is 1. The third kappa shape index (κ3) is 5.08. The lowest BCUT2D eigenvalue weighted by atomic mass is 10.1. The maximum Gasteiger partial charge on any atom is 0.270 e. The topological polar surface area (TPSA) is 64.4 Å². The number of halogens is 2. The molecule has 0 radical (unpaired) electrons. The minimum absolute atomic E-state index is 0.199. The maximum atomic E-state index is 12.9. The van der Waals surface area contributed by atoms with Gasteiger partial charge in [-0.05, 0) is 12.5 Å². The maximum absolute atomic E-state index is 12.9. The Morgan fingerprint density at radius 3 is 2.75 bits per heavy atom. The monoisotopic (exact) mass is 288 g/mol. The molecule has 0 bridgehead atoms. The normalized spacial score (nSPS) is 10.8. The van der Waals surface area contributed by atoms with E-state index in [0.717, 1.165) is 18.9 Å². The molecule has 0 amide bonds. The first-order valence-corrected chi connectivity index (χ1v) is 6.44. The summed E-state index contributed by atoms with van der Waals surface area (Å²) >= 11 is 0. The molecule has 0 spiro atoms. The van der Waals surface area contributed by atoms with Gasteiger partial charge >= 0.3 is 0 Å². The quantitative estimate of drug-likeness (QED) is 0.427. The third-order valence-corrected chi connectivity index (χ3v) is 2.69. The van der Waals surface area contributed by atoms with Gasteiger partial charge < -0.3 is 10.1 Å². The average molecular weight is 288 g/mol. The molecule has 0 saturated carbocycles. The van der Waals surface area contributed by atoms with Crippen molar-refractivity contribution in [3.8, 4) is 0 Å². The van der Waals surface area contributed by atoms with E-state index in [2.05, 4.69) is 5.32 Å². The van der Waals surface area contributed by atoms with Crippen LogP contribution in [0.1, 0.15) is 31.8 Å². The van der Waals surface area contributed by atoms with Crippen molar-refractivity contribution in [3.63, 3.8) is 0 Å². The van der Waals surface area contributed by atoms with Gasteiger partial charge in [0.1, 0.15) is 0 Å². The first-order chi connectivity index (χ1) is 9.56. The molecular formula is C13H18F2N2O3. The van der Waals surface area contributed by atoms with Crippen LogP contribution in [0.25, 0.3) is 0 Å². The van der Waals surface area contributed by atoms with Gasteiger partial charge in [-0.3, -0.25) is 10.1 Å². The first-order valence-electron chi connectivity index (χ1n) is 6.44. The van der Waals surface area contributed by atoms with E-state index in [1.165, 1.54) is 12.1 Å². The van der Waals surface area contributed by atoms with E-state index in [4.69, 9.17) is 4.74 Å². The Labute approximate surface area is 116 Å². The molecule has 0 aliphatic rings. The summed E-state index contributed by atoms with van der Waals surface area (Å²) in [4.78, 5) is 9.88. The van der Waals surface area contributed by atoms with E-state index in [9.17, 15) is 18.9 Å². The lowest BCUT2D eigenvalue weighted by Gasteiger charge is -2.11. The Kier molecular flexibility index (Phi) is 6.86. The first kappa shape index (κ1) is 16.3. The van der Waals surface area contributed by atoms with Gasteiger partial charge in [0.25, 0.3) is 12.1 Å². The zero-order chi connectivity index (χ0) is 15.0. The summed E-state index contributed by atoms with van der Waals surface area (Å²) in [5.41, 5.74) is -0.512. The number of benzene rings is 1. The molecule has 0 aliphatic carbocycles. The Morgan fingerprint density at radius 1 is 1.40 bits per heavy atom. The molecule has 0 heterocycles. The fraction of sp³-hybridized carbons (Fsp3) is 0.538. The molecule has 0 aliphatic heterocycles. The lowest BCUT2D eigenvalue weighted by Crippen LogP contribution is -2.11. The molecule has 20 heavy (non-hydrogen) atoms. The van der Waals surface area contributed by atoms with Crippen LogP contribution < -0.4 is 5.32 Å². The Bertz CT molecular complexity index is 442. The van der Waals surface area contributed by atoms with Crippen LogP contribution in [0.2, 0.25) is 0 Å². The second kappa shape index (κ2) is 8.42. The number of hydrogen-bond donors (Lipinski definition) is 1. The van der Waals surface area contributed by atoms with Crippen LogP contribution in [0.3, 0.4) is 0 Å². The number of anilines is 1. The number of hydrogen-bond acceptors (Lipinski definition) is 4. The molecule has 1 N–H and O–H groups in total. The number of nitrogens with one attached hydrogen (secondary N) is 1. The SMILES string of the molecule is CCCCOCCNc1ccc([N+](=O)[O-])cc1C(F)F. The smallest absolute Gasteiger partial charge is 0.270 e. The Balaban J connectivity index is 2.58. The van der Waals surface area contributed by atoms with E-state index in [-0.39, 0.29) is 16.9 Å². The highest BCUT2D eigenvalue weighted by Gasteiger charge is 2.17. The average Bonchev–Trinajstić information content (AvgIpc) is 2.42. The molecule has 7 heteroatoms. The van der Waals surface area contributed by atoms with Crippen molar-refractivity contribution in [2.75, 3.05) is 25.1 Å². The van der Waals surface area contributed by atoms with Crippen molar-refractivity contribution in [3.05, 3.63) is 33.9 Å². The van der Waals surface area contributed by atoms with Crippen LogP contribution in [0.5, 0.6) is 0 Å². The standard InChI is InChI=1S/C13H18F2N2O3/c1-2-3-7-20-8-6-16-12-5-4-10(17(18)19)9-11(12)13(14)15/h4-5,9,13,16H,2-3,6-8H2,1H3. The van der Waals surface area contributed by atoms with Crippen LogP contribution >= 0.6 is 0 Å². The molecular weight excluding hydrogens is 270 g/mol. The fourth-order valence-corrected chi connectivity index (χ4v) is 1.61. The molecule has 0 aromatic heterocycles. The van der Waals surface area contributed by atoms with Gasteiger partial charge in [0.05, 0.1) is 11.5 Å². The van der Waals surface area contributed by atoms with Gasteiger partial charge in [-0.2, -0.15) is 0 Å². The second-order valence-electron chi connectivity index (χ2n) is 4.22. The largest absolute Gasteiger partial charge is 0.382 e. The summed E-state index contributed by atoms with van der Waals surface area (Å²) in [5.74, 6) is 0. The van der Waals surface area contributed by atoms with Crippen LogP contribution in [0.4, 0.5) is 20.2 Å². The minimum Gasteiger partial charge on any atom is -0.382 e. The highest BCUT2D eigenvalue weighted by molar-refractivity contribution is 5.56. The number of ether oxygens (including phenoxy) is 1. The number of non-ortho nitro benzene ring substituents is 1. The summed E-state index contributed by atoms with van der Waals surface area (Å²) in [5, 5.41) is 13.4. The summed E-state index contributed by atoms with van der Waals surface area (Å²) in [7, 11) is 0. The zero-order valence-electron chi connectivity index (χ0n) is 11.3. The van der Waals surface area contributed by atoms with Crippen molar-refractivity contribution in [2.45, 2.75) is 26.2 Å². The van der Waals surface area contributed by atoms with Gasteiger partial charge in [0, 0.05) is 36.5 Å². The van der Waals surface area contributed by atoms with Crippen molar-refractivity contribution in [2.24, 2.45) is 0 Å². The number of rotatable bonds is 9. The van der Waals surface area contributed by atoms with Crippen molar-refractivity contribution in [1.29, 1.82) is 0 Å². The van der Waals surface area contributed by atoms with Crippen LogP contribution in [-0.2, 0) is 4.74 Å². The number of alkyl halides is 2. The molecule has 0 unspecified atom stereocenters. The predicted molar refractivity (Wildman–Crippen MR) is 72.3 cm³/mol. The highest BCUT2D eigenvalue weighted by Crippen LogP contribution is 2.30. The minimum atomic E-state index is -2.77. The molecule has 1 rings (SSSR count). The summed E-state index contributed by atoms with van der Waals surface area (Å²) in [6.07, 6.45) is -0.774. The molecule has 5 nitrogen and oxygen atoms in total.